The second-order valence-electron chi connectivity index (χ2n) is 1.01. The van der Waals surface area contributed by atoms with Gasteiger partial charge in [-0.05, 0) is 6.92 Å². The van der Waals surface area contributed by atoms with Crippen LogP contribution in [-0.4, -0.2) is 14.9 Å². The number of hydrogen-bond donors (Lipinski definition) is 1. The Bertz CT molecular complexity index is 38.5. The van der Waals surface area contributed by atoms with Gasteiger partial charge in [-0.25, -0.2) is 0 Å². The Morgan fingerprint density at radius 1 is 1.67 bits per heavy atom. The van der Waals surface area contributed by atoms with E-state index in [9.17, 15) is 0 Å². The summed E-state index contributed by atoms with van der Waals surface area (Å²) in [5, 5.41) is 8.25. The van der Waals surface area contributed by atoms with Crippen molar-refractivity contribution in [1.82, 2.24) is 0 Å². The first-order valence-electron chi connectivity index (χ1n) is 1.40. The molecule has 0 aliphatic carbocycles. The molecule has 0 aromatic carbocycles. The molecule has 0 heterocycles. The maximum Gasteiger partial charge on any atom is 0.103 e. The summed E-state index contributed by atoms with van der Waals surface area (Å²) in [6.07, 6.45) is 0. The van der Waals surface area contributed by atoms with E-state index in [0.717, 1.165) is 0 Å². The van der Waals surface area contributed by atoms with E-state index in [2.05, 4.69) is 38.8 Å². The van der Waals surface area contributed by atoms with Gasteiger partial charge < -0.3 is 5.11 Å². The van der Waals surface area contributed by atoms with Gasteiger partial charge in [0.15, 0.2) is 0 Å². The van der Waals surface area contributed by atoms with Crippen LogP contribution in [0.5, 0.6) is 0 Å². The summed E-state index contributed by atoms with van der Waals surface area (Å²) in [5.74, 6) is 0. The first-order valence-corrected chi connectivity index (χ1v) is 2.99. The summed E-state index contributed by atoms with van der Waals surface area (Å²) in [5.41, 5.74) is 0. The van der Waals surface area contributed by atoms with E-state index in [-0.39, 0.29) is 6.61 Å². The van der Waals surface area contributed by atoms with Gasteiger partial charge in [-0.3, -0.25) is 0 Å². The van der Waals surface area contributed by atoms with E-state index in [1.165, 1.54) is 0 Å². The lowest BCUT2D eigenvalue weighted by atomic mass is 10.5. The van der Waals surface area contributed by atoms with Crippen LogP contribution in [-0.2, 0) is 0 Å². The van der Waals surface area contributed by atoms with Crippen molar-refractivity contribution in [3.8, 4) is 0 Å². The lowest BCUT2D eigenvalue weighted by Gasteiger charge is -2.05. The maximum absolute atomic E-state index is 8.25. The minimum atomic E-state index is -0.528. The largest absolute Gasteiger partial charge is 0.394 e. The number of hydrogen-bond acceptors (Lipinski definition) is 1. The second kappa shape index (κ2) is 2.28. The van der Waals surface area contributed by atoms with Gasteiger partial charge in [0.2, 0.25) is 0 Å². The Kier molecular flexibility index (Phi) is 2.63. The molecule has 0 bridgehead atoms. The summed E-state index contributed by atoms with van der Waals surface area (Å²) in [6, 6.07) is 0. The van der Waals surface area contributed by atoms with E-state index in [0.29, 0.717) is 0 Å². The van der Waals surface area contributed by atoms with Crippen LogP contribution in [0.25, 0.3) is 0 Å². The third-order valence-electron chi connectivity index (χ3n) is 0.231. The van der Waals surface area contributed by atoms with Gasteiger partial charge in [0.25, 0.3) is 0 Å². The summed E-state index contributed by atoms with van der Waals surface area (Å²) in [4.78, 5) is 0. The molecule has 6 heavy (non-hydrogen) atoms. The van der Waals surface area contributed by atoms with E-state index in [4.69, 9.17) is 5.11 Å². The van der Waals surface area contributed by atoms with E-state index in [1.807, 2.05) is 0 Å². The highest BCUT2D eigenvalue weighted by molar-refractivity contribution is 9.25. The Morgan fingerprint density at radius 2 is 1.83 bits per heavy atom. The summed E-state index contributed by atoms with van der Waals surface area (Å²) >= 11 is 6.07. The summed E-state index contributed by atoms with van der Waals surface area (Å²) in [7, 11) is 0. The number of aliphatic hydroxyl groups is 1. The van der Waals surface area contributed by atoms with Crippen LogP contribution in [0.15, 0.2) is 0 Å². The van der Waals surface area contributed by atoms with Crippen molar-refractivity contribution < 1.29 is 5.11 Å². The average molecular weight is 217 g/mol. The first-order chi connectivity index (χ1) is 2.56. The zero-order valence-electron chi connectivity index (χ0n) is 3.12. The molecular formula is C3H5Br2O. The monoisotopic (exact) mass is 215 g/mol. The molecule has 0 fully saturated rings. The highest BCUT2D eigenvalue weighted by Gasteiger charge is 2.11. The molecule has 3 heteroatoms. The normalized spacial score (nSPS) is 12.0. The van der Waals surface area contributed by atoms with Crippen LogP contribution in [0.4, 0.5) is 0 Å². The van der Waals surface area contributed by atoms with Crippen molar-refractivity contribution in [2.45, 2.75) is 3.23 Å². The van der Waals surface area contributed by atoms with Gasteiger partial charge in [-0.1, -0.05) is 31.9 Å². The third kappa shape index (κ3) is 4.92. The van der Waals surface area contributed by atoms with E-state index in [1.54, 1.807) is 0 Å². The molecule has 0 saturated heterocycles. The smallest absolute Gasteiger partial charge is 0.103 e. The fourth-order valence-corrected chi connectivity index (χ4v) is 0. The van der Waals surface area contributed by atoms with E-state index >= 15 is 0 Å². The van der Waals surface area contributed by atoms with Crippen LogP contribution >= 0.6 is 31.9 Å². The van der Waals surface area contributed by atoms with Crippen LogP contribution in [0, 0.1) is 6.92 Å². The molecule has 0 spiro atoms. The molecule has 37 valence electrons. The molecule has 0 saturated carbocycles. The van der Waals surface area contributed by atoms with Gasteiger partial charge in [0.1, 0.15) is 3.23 Å². The lowest BCUT2D eigenvalue weighted by molar-refractivity contribution is 0.302. The highest BCUT2D eigenvalue weighted by atomic mass is 79.9. The van der Waals surface area contributed by atoms with Crippen molar-refractivity contribution in [2.75, 3.05) is 6.61 Å². The predicted molar refractivity (Wildman–Crippen MR) is 33.0 cm³/mol. The topological polar surface area (TPSA) is 20.2 Å². The van der Waals surface area contributed by atoms with Crippen LogP contribution in [0.3, 0.4) is 0 Å². The van der Waals surface area contributed by atoms with Crippen LogP contribution < -0.4 is 0 Å². The van der Waals surface area contributed by atoms with Gasteiger partial charge in [-0.15, -0.1) is 0 Å². The lowest BCUT2D eigenvalue weighted by Crippen LogP contribution is -2.09. The molecule has 0 unspecified atom stereocenters. The van der Waals surface area contributed by atoms with Crippen molar-refractivity contribution >= 4 is 31.9 Å². The van der Waals surface area contributed by atoms with E-state index < -0.39 is 3.23 Å². The Morgan fingerprint density at radius 3 is 1.83 bits per heavy atom. The van der Waals surface area contributed by atoms with Crippen LogP contribution in [0.2, 0.25) is 0 Å². The molecule has 0 rings (SSSR count). The molecule has 0 amide bonds. The highest BCUT2D eigenvalue weighted by Crippen LogP contribution is 2.22. The fourth-order valence-electron chi connectivity index (χ4n) is 0. The minimum absolute atomic E-state index is 0.00694. The molecule has 1 N–H and O–H groups in total. The predicted octanol–water partition coefficient (Wildman–Crippen LogP) is 1.30. The number of rotatable bonds is 1. The molecule has 0 aromatic heterocycles. The van der Waals surface area contributed by atoms with Crippen molar-refractivity contribution in [2.24, 2.45) is 0 Å². The standard InChI is InChI=1S/C3H5Br2O/c1-3(4,5)2-6/h6H,1-2H2. The zero-order chi connectivity index (χ0) is 5.21. The van der Waals surface area contributed by atoms with Crippen LogP contribution in [0.1, 0.15) is 0 Å². The Labute approximate surface area is 54.0 Å². The Balaban J connectivity index is 3.17. The Hall–Kier alpha value is 0.920. The fraction of sp³-hybridized carbons (Fsp3) is 0.667. The number of alkyl halides is 2. The molecule has 1 nitrogen and oxygen atoms in total. The molecule has 0 aliphatic heterocycles. The average Bonchev–Trinajstić information content (AvgIpc) is 1.35. The van der Waals surface area contributed by atoms with Gasteiger partial charge in [0, 0.05) is 0 Å². The number of aliphatic hydroxyl groups excluding tert-OH is 1. The van der Waals surface area contributed by atoms with Crippen molar-refractivity contribution in [3.63, 3.8) is 0 Å². The van der Waals surface area contributed by atoms with Crippen molar-refractivity contribution in [3.05, 3.63) is 6.92 Å². The zero-order valence-corrected chi connectivity index (χ0v) is 6.29. The van der Waals surface area contributed by atoms with Crippen molar-refractivity contribution in [1.29, 1.82) is 0 Å². The molecular weight excluding hydrogens is 212 g/mol. The SMILES string of the molecule is [CH2]C(Br)(Br)CO. The molecule has 0 atom stereocenters. The molecule has 0 aromatic rings. The first kappa shape index (κ1) is 6.92. The second-order valence-corrected chi connectivity index (χ2v) is 5.11. The third-order valence-corrected chi connectivity index (χ3v) is 0.733. The van der Waals surface area contributed by atoms with Gasteiger partial charge in [-0.2, -0.15) is 0 Å². The summed E-state index contributed by atoms with van der Waals surface area (Å²) < 4.78 is -0.528. The number of halogens is 2. The summed E-state index contributed by atoms with van der Waals surface area (Å²) in [6.45, 7) is 3.47. The molecule has 1 radical (unpaired) electrons. The van der Waals surface area contributed by atoms with Gasteiger partial charge >= 0.3 is 0 Å². The minimum Gasteiger partial charge on any atom is -0.394 e. The quantitative estimate of drug-likeness (QED) is 0.656. The molecule has 0 aliphatic rings. The maximum atomic E-state index is 8.25. The van der Waals surface area contributed by atoms with Gasteiger partial charge in [0.05, 0.1) is 6.61 Å².